The zero-order chi connectivity index (χ0) is 23.9. The van der Waals surface area contributed by atoms with Crippen molar-refractivity contribution >= 4 is 5.71 Å². The molecule has 0 radical (unpaired) electrons. The SMILES string of the molecule is C/C=C/COc1cc(C)c(OCCCCN(CC)CC(Cc2ccccc2)=NOC)c(C)c1. The third kappa shape index (κ3) is 9.70. The second kappa shape index (κ2) is 15.1. The van der Waals surface area contributed by atoms with Gasteiger partial charge in [-0.2, -0.15) is 0 Å². The van der Waals surface area contributed by atoms with Crippen LogP contribution in [-0.2, 0) is 11.3 Å². The number of ether oxygens (including phenoxy) is 2. The maximum atomic E-state index is 6.13. The van der Waals surface area contributed by atoms with E-state index in [0.717, 1.165) is 67.2 Å². The lowest BCUT2D eigenvalue weighted by Crippen LogP contribution is -2.32. The van der Waals surface area contributed by atoms with E-state index in [9.17, 15) is 0 Å². The van der Waals surface area contributed by atoms with Crippen molar-refractivity contribution < 1.29 is 14.3 Å². The minimum absolute atomic E-state index is 0.589. The molecular weight excluding hydrogens is 412 g/mol. The Hall–Kier alpha value is -2.79. The summed E-state index contributed by atoms with van der Waals surface area (Å²) < 4.78 is 11.9. The molecule has 0 saturated carbocycles. The number of benzene rings is 2. The number of rotatable bonds is 15. The van der Waals surface area contributed by atoms with Crippen LogP contribution < -0.4 is 9.47 Å². The molecule has 0 heterocycles. The van der Waals surface area contributed by atoms with Crippen LogP contribution in [0.2, 0.25) is 0 Å². The normalized spacial score (nSPS) is 11.9. The predicted molar refractivity (Wildman–Crippen MR) is 138 cm³/mol. The largest absolute Gasteiger partial charge is 0.493 e. The fraction of sp³-hybridized carbons (Fsp3) is 0.464. The van der Waals surface area contributed by atoms with Crippen molar-refractivity contribution in [1.82, 2.24) is 4.90 Å². The first-order valence-corrected chi connectivity index (χ1v) is 11.9. The van der Waals surface area contributed by atoms with E-state index >= 15 is 0 Å². The molecule has 0 amide bonds. The van der Waals surface area contributed by atoms with Crippen molar-refractivity contribution in [1.29, 1.82) is 0 Å². The highest BCUT2D eigenvalue weighted by Crippen LogP contribution is 2.28. The summed E-state index contributed by atoms with van der Waals surface area (Å²) in [6, 6.07) is 14.5. The van der Waals surface area contributed by atoms with Gasteiger partial charge in [-0.25, -0.2) is 0 Å². The van der Waals surface area contributed by atoms with E-state index in [-0.39, 0.29) is 0 Å². The Bertz CT molecular complexity index is 855. The van der Waals surface area contributed by atoms with Gasteiger partial charge >= 0.3 is 0 Å². The number of oxime groups is 1. The van der Waals surface area contributed by atoms with Crippen LogP contribution in [0.4, 0.5) is 0 Å². The van der Waals surface area contributed by atoms with Gasteiger partial charge in [-0.05, 0) is 75.5 Å². The van der Waals surface area contributed by atoms with Crippen LogP contribution in [0, 0.1) is 13.8 Å². The molecule has 0 atom stereocenters. The minimum atomic E-state index is 0.589. The molecule has 33 heavy (non-hydrogen) atoms. The summed E-state index contributed by atoms with van der Waals surface area (Å²) in [4.78, 5) is 7.51. The van der Waals surface area contributed by atoms with Crippen LogP contribution >= 0.6 is 0 Å². The van der Waals surface area contributed by atoms with Gasteiger partial charge in [0.25, 0.3) is 0 Å². The van der Waals surface area contributed by atoms with Crippen LogP contribution in [0.25, 0.3) is 0 Å². The lowest BCUT2D eigenvalue weighted by Gasteiger charge is -2.21. The quantitative estimate of drug-likeness (QED) is 0.144. The first kappa shape index (κ1) is 26.5. The lowest BCUT2D eigenvalue weighted by atomic mass is 10.1. The summed E-state index contributed by atoms with van der Waals surface area (Å²) in [5.41, 5.74) is 4.52. The number of hydrogen-bond donors (Lipinski definition) is 0. The van der Waals surface area contributed by atoms with E-state index in [1.165, 1.54) is 5.56 Å². The zero-order valence-corrected chi connectivity index (χ0v) is 21.0. The third-order valence-corrected chi connectivity index (χ3v) is 5.46. The minimum Gasteiger partial charge on any atom is -0.493 e. The second-order valence-electron chi connectivity index (χ2n) is 8.19. The van der Waals surface area contributed by atoms with Crippen LogP contribution in [0.15, 0.2) is 59.8 Å². The molecule has 0 aliphatic heterocycles. The molecule has 0 N–H and O–H groups in total. The average Bonchev–Trinajstić information content (AvgIpc) is 2.80. The molecule has 180 valence electrons. The Labute approximate surface area is 200 Å². The number of allylic oxidation sites excluding steroid dienone is 1. The molecule has 0 aliphatic carbocycles. The Morgan fingerprint density at radius 1 is 1.03 bits per heavy atom. The molecule has 0 fully saturated rings. The summed E-state index contributed by atoms with van der Waals surface area (Å²) >= 11 is 0. The third-order valence-electron chi connectivity index (χ3n) is 5.46. The first-order chi connectivity index (χ1) is 16.1. The highest BCUT2D eigenvalue weighted by molar-refractivity contribution is 5.88. The van der Waals surface area contributed by atoms with E-state index in [2.05, 4.69) is 55.1 Å². The second-order valence-corrected chi connectivity index (χ2v) is 8.19. The van der Waals surface area contributed by atoms with Crippen molar-refractivity contribution in [2.24, 2.45) is 5.16 Å². The molecule has 0 aromatic heterocycles. The van der Waals surface area contributed by atoms with Gasteiger partial charge < -0.3 is 14.3 Å². The maximum absolute atomic E-state index is 6.13. The van der Waals surface area contributed by atoms with Crippen LogP contribution in [0.1, 0.15) is 43.4 Å². The lowest BCUT2D eigenvalue weighted by molar-refractivity contribution is 0.208. The van der Waals surface area contributed by atoms with E-state index < -0.39 is 0 Å². The van der Waals surface area contributed by atoms with E-state index in [0.29, 0.717) is 13.2 Å². The van der Waals surface area contributed by atoms with Gasteiger partial charge in [-0.3, -0.25) is 4.90 Å². The number of nitrogens with zero attached hydrogens (tertiary/aromatic N) is 2. The zero-order valence-electron chi connectivity index (χ0n) is 21.0. The van der Waals surface area contributed by atoms with Gasteiger partial charge in [0.05, 0.1) is 12.3 Å². The van der Waals surface area contributed by atoms with Crippen molar-refractivity contribution in [3.8, 4) is 11.5 Å². The molecule has 0 saturated heterocycles. The number of hydrogen-bond acceptors (Lipinski definition) is 5. The van der Waals surface area contributed by atoms with Gasteiger partial charge in [0.1, 0.15) is 25.2 Å². The summed E-state index contributed by atoms with van der Waals surface area (Å²) in [6.07, 6.45) is 6.87. The molecule has 0 unspecified atom stereocenters. The average molecular weight is 453 g/mol. The summed E-state index contributed by atoms with van der Waals surface area (Å²) in [7, 11) is 1.61. The highest BCUT2D eigenvalue weighted by Gasteiger charge is 2.10. The molecule has 5 heteroatoms. The Morgan fingerprint density at radius 2 is 1.76 bits per heavy atom. The Morgan fingerprint density at radius 3 is 2.39 bits per heavy atom. The Kier molecular flexibility index (Phi) is 12.1. The molecule has 2 rings (SSSR count). The standard InChI is InChI=1S/C28H40N2O3/c1-6-8-17-32-27-19-23(3)28(24(4)20-27)33-18-13-12-16-30(7-2)22-26(29-31-5)21-25-14-10-9-11-15-25/h6,8-11,14-15,19-20H,7,12-13,16-18,21-22H2,1-5H3/b8-6+,29-26?. The van der Waals surface area contributed by atoms with Gasteiger partial charge in [0, 0.05) is 13.0 Å². The fourth-order valence-electron chi connectivity index (χ4n) is 3.76. The van der Waals surface area contributed by atoms with Crippen molar-refractivity contribution in [2.45, 2.75) is 47.0 Å². The van der Waals surface area contributed by atoms with Crippen LogP contribution in [-0.4, -0.2) is 50.6 Å². The van der Waals surface area contributed by atoms with Crippen molar-refractivity contribution in [3.63, 3.8) is 0 Å². The van der Waals surface area contributed by atoms with E-state index in [1.54, 1.807) is 7.11 Å². The maximum Gasteiger partial charge on any atom is 0.125 e. The van der Waals surface area contributed by atoms with Gasteiger partial charge in [0.2, 0.25) is 0 Å². The molecule has 0 spiro atoms. The molecule has 0 bridgehead atoms. The highest BCUT2D eigenvalue weighted by atomic mass is 16.6. The van der Waals surface area contributed by atoms with Gasteiger partial charge in [-0.1, -0.05) is 54.6 Å². The topological polar surface area (TPSA) is 43.3 Å². The van der Waals surface area contributed by atoms with Crippen molar-refractivity contribution in [2.75, 3.05) is 40.0 Å². The van der Waals surface area contributed by atoms with E-state index in [4.69, 9.17) is 14.3 Å². The van der Waals surface area contributed by atoms with Gasteiger partial charge in [0.15, 0.2) is 0 Å². The fourth-order valence-corrected chi connectivity index (χ4v) is 3.76. The molecule has 2 aromatic carbocycles. The number of unbranched alkanes of at least 4 members (excludes halogenated alkanes) is 1. The number of aryl methyl sites for hydroxylation is 2. The molecule has 2 aromatic rings. The van der Waals surface area contributed by atoms with Crippen LogP contribution in [0.5, 0.6) is 11.5 Å². The summed E-state index contributed by atoms with van der Waals surface area (Å²) in [5.74, 6) is 1.86. The summed E-state index contributed by atoms with van der Waals surface area (Å²) in [5, 5.41) is 4.28. The predicted octanol–water partition coefficient (Wildman–Crippen LogP) is 5.98. The molecule has 5 nitrogen and oxygen atoms in total. The first-order valence-electron chi connectivity index (χ1n) is 11.9. The summed E-state index contributed by atoms with van der Waals surface area (Å²) in [6.45, 7) is 12.4. The molecular formula is C28H40N2O3. The monoisotopic (exact) mass is 452 g/mol. The van der Waals surface area contributed by atoms with Crippen LogP contribution in [0.3, 0.4) is 0 Å². The smallest absolute Gasteiger partial charge is 0.125 e. The van der Waals surface area contributed by atoms with Crippen molar-refractivity contribution in [3.05, 3.63) is 71.3 Å². The van der Waals surface area contributed by atoms with Gasteiger partial charge in [-0.15, -0.1) is 0 Å². The molecule has 0 aliphatic rings. The Balaban J connectivity index is 1.79. The van der Waals surface area contributed by atoms with E-state index in [1.807, 2.05) is 37.3 Å².